The number of aryl methyl sites for hydroxylation is 1. The van der Waals surface area contributed by atoms with Crippen LogP contribution in [0.2, 0.25) is 0 Å². The number of aromatic nitrogens is 1. The topological polar surface area (TPSA) is 63.5 Å². The highest BCUT2D eigenvalue weighted by Crippen LogP contribution is 2.29. The molecule has 1 aromatic carbocycles. The van der Waals surface area contributed by atoms with Crippen LogP contribution >= 0.6 is 0 Å². The molecule has 0 aliphatic heterocycles. The van der Waals surface area contributed by atoms with Gasteiger partial charge in [-0.3, -0.25) is 4.79 Å². The predicted octanol–water partition coefficient (Wildman–Crippen LogP) is 1.67. The van der Waals surface area contributed by atoms with Gasteiger partial charge >= 0.3 is 0 Å². The minimum Gasteiger partial charge on any atom is -0.504 e. The molecule has 2 N–H and O–H groups in total. The van der Waals surface area contributed by atoms with Crippen molar-refractivity contribution in [3.8, 4) is 11.5 Å². The number of phenols is 1. The molecule has 0 saturated carbocycles. The number of amides is 1. The first-order valence-electron chi connectivity index (χ1n) is 5.88. The quantitative estimate of drug-likeness (QED) is 0.879. The van der Waals surface area contributed by atoms with Gasteiger partial charge in [0.2, 0.25) is 0 Å². The van der Waals surface area contributed by atoms with Crippen molar-refractivity contribution in [1.82, 2.24) is 9.88 Å². The maximum Gasteiger partial charge on any atom is 0.255 e. The molecule has 0 aliphatic carbocycles. The lowest BCUT2D eigenvalue weighted by atomic mass is 10.1. The Kier molecular flexibility index (Phi) is 3.75. The van der Waals surface area contributed by atoms with Gasteiger partial charge in [-0.15, -0.1) is 0 Å². The number of phenolic OH excluding ortho intramolecular Hbond substituents is 1. The standard InChI is InChI=1S/C14H16N2O3/c1-16-8-4-5-10(16)9-15-14(18)11-6-3-7-12(19-2)13(11)17/h3-8,17H,9H2,1-2H3,(H,15,18). The molecule has 0 spiro atoms. The van der Waals surface area contributed by atoms with E-state index >= 15 is 0 Å². The van der Waals surface area contributed by atoms with Crippen molar-refractivity contribution >= 4 is 5.91 Å². The van der Waals surface area contributed by atoms with E-state index in [4.69, 9.17) is 4.74 Å². The third-order valence-electron chi connectivity index (χ3n) is 2.94. The molecule has 0 atom stereocenters. The summed E-state index contributed by atoms with van der Waals surface area (Å²) >= 11 is 0. The van der Waals surface area contributed by atoms with Crippen LogP contribution < -0.4 is 10.1 Å². The van der Waals surface area contributed by atoms with Crippen molar-refractivity contribution in [2.24, 2.45) is 7.05 Å². The van der Waals surface area contributed by atoms with Gasteiger partial charge in [0, 0.05) is 18.9 Å². The summed E-state index contributed by atoms with van der Waals surface area (Å²) in [6.45, 7) is 0.402. The van der Waals surface area contributed by atoms with Gasteiger partial charge in [0.1, 0.15) is 0 Å². The summed E-state index contributed by atoms with van der Waals surface area (Å²) in [7, 11) is 3.35. The number of carbonyl (C=O) groups excluding carboxylic acids is 1. The average Bonchev–Trinajstić information content (AvgIpc) is 2.82. The van der Waals surface area contributed by atoms with Gasteiger partial charge in [-0.1, -0.05) is 6.07 Å². The van der Waals surface area contributed by atoms with Crippen molar-refractivity contribution in [2.45, 2.75) is 6.54 Å². The van der Waals surface area contributed by atoms with Crippen LogP contribution in [-0.4, -0.2) is 22.7 Å². The van der Waals surface area contributed by atoms with E-state index in [-0.39, 0.29) is 23.0 Å². The van der Waals surface area contributed by atoms with E-state index in [1.807, 2.05) is 29.9 Å². The molecular weight excluding hydrogens is 244 g/mol. The first-order chi connectivity index (χ1) is 9.13. The van der Waals surface area contributed by atoms with Gasteiger partial charge in [0.05, 0.1) is 19.2 Å². The third-order valence-corrected chi connectivity index (χ3v) is 2.94. The van der Waals surface area contributed by atoms with E-state index in [2.05, 4.69) is 5.32 Å². The number of rotatable bonds is 4. The van der Waals surface area contributed by atoms with Crippen LogP contribution in [0.5, 0.6) is 11.5 Å². The fourth-order valence-electron chi connectivity index (χ4n) is 1.82. The highest BCUT2D eigenvalue weighted by molar-refractivity contribution is 5.97. The zero-order valence-corrected chi connectivity index (χ0v) is 10.9. The summed E-state index contributed by atoms with van der Waals surface area (Å²) < 4.78 is 6.89. The molecule has 0 unspecified atom stereocenters. The van der Waals surface area contributed by atoms with Gasteiger partial charge in [-0.25, -0.2) is 0 Å². The molecule has 19 heavy (non-hydrogen) atoms. The van der Waals surface area contributed by atoms with Crippen molar-refractivity contribution < 1.29 is 14.6 Å². The molecule has 0 aliphatic rings. The molecule has 1 aromatic heterocycles. The maximum atomic E-state index is 12.0. The van der Waals surface area contributed by atoms with E-state index in [9.17, 15) is 9.90 Å². The molecule has 2 rings (SSSR count). The van der Waals surface area contributed by atoms with Crippen LogP contribution in [0, 0.1) is 0 Å². The lowest BCUT2D eigenvalue weighted by Gasteiger charge is -2.10. The average molecular weight is 260 g/mol. The van der Waals surface area contributed by atoms with Crippen molar-refractivity contribution in [3.63, 3.8) is 0 Å². The monoisotopic (exact) mass is 260 g/mol. The second-order valence-corrected chi connectivity index (χ2v) is 4.15. The minimum absolute atomic E-state index is 0.144. The van der Waals surface area contributed by atoms with Crippen LogP contribution in [-0.2, 0) is 13.6 Å². The summed E-state index contributed by atoms with van der Waals surface area (Å²) in [6.07, 6.45) is 1.91. The number of methoxy groups -OCH3 is 1. The highest BCUT2D eigenvalue weighted by atomic mass is 16.5. The number of nitrogens with zero attached hydrogens (tertiary/aromatic N) is 1. The molecule has 0 fully saturated rings. The van der Waals surface area contributed by atoms with Crippen LogP contribution in [0.3, 0.4) is 0 Å². The number of ether oxygens (including phenoxy) is 1. The first-order valence-corrected chi connectivity index (χ1v) is 5.88. The predicted molar refractivity (Wildman–Crippen MR) is 71.2 cm³/mol. The second kappa shape index (κ2) is 5.48. The van der Waals surface area contributed by atoms with Crippen LogP contribution in [0.4, 0.5) is 0 Å². The van der Waals surface area contributed by atoms with Gasteiger partial charge in [0.15, 0.2) is 11.5 Å². The molecule has 5 nitrogen and oxygen atoms in total. The number of carbonyl (C=O) groups is 1. The SMILES string of the molecule is COc1cccc(C(=O)NCc2cccn2C)c1O. The Morgan fingerprint density at radius 2 is 2.16 bits per heavy atom. The highest BCUT2D eigenvalue weighted by Gasteiger charge is 2.14. The number of nitrogens with one attached hydrogen (secondary N) is 1. The Balaban J connectivity index is 2.10. The van der Waals surface area contributed by atoms with Crippen LogP contribution in [0.25, 0.3) is 0 Å². The molecule has 1 heterocycles. The lowest BCUT2D eigenvalue weighted by molar-refractivity contribution is 0.0947. The summed E-state index contributed by atoms with van der Waals surface area (Å²) in [5, 5.41) is 12.6. The van der Waals surface area contributed by atoms with Crippen molar-refractivity contribution in [3.05, 3.63) is 47.8 Å². The Hall–Kier alpha value is -2.43. The zero-order valence-electron chi connectivity index (χ0n) is 10.9. The molecule has 0 bridgehead atoms. The van der Waals surface area contributed by atoms with Crippen LogP contribution in [0.1, 0.15) is 16.1 Å². The number of hydrogen-bond acceptors (Lipinski definition) is 3. The van der Waals surface area contributed by atoms with Crippen molar-refractivity contribution in [1.29, 1.82) is 0 Å². The van der Waals surface area contributed by atoms with Crippen LogP contribution in [0.15, 0.2) is 36.5 Å². The molecule has 0 saturated heterocycles. The molecule has 1 amide bonds. The van der Waals surface area contributed by atoms with Gasteiger partial charge in [-0.05, 0) is 24.3 Å². The number of hydrogen-bond donors (Lipinski definition) is 2. The largest absolute Gasteiger partial charge is 0.504 e. The van der Waals surface area contributed by atoms with E-state index in [0.717, 1.165) is 5.69 Å². The lowest BCUT2D eigenvalue weighted by Crippen LogP contribution is -2.24. The van der Waals surface area contributed by atoms with Crippen molar-refractivity contribution in [2.75, 3.05) is 7.11 Å². The summed E-state index contributed by atoms with van der Waals surface area (Å²) in [5.41, 5.74) is 1.18. The first kappa shape index (κ1) is 13.0. The Labute approximate surface area is 111 Å². The van der Waals surface area contributed by atoms with E-state index in [0.29, 0.717) is 6.54 Å². The maximum absolute atomic E-state index is 12.0. The second-order valence-electron chi connectivity index (χ2n) is 4.15. The van der Waals surface area contributed by atoms with E-state index in [1.54, 1.807) is 18.2 Å². The summed E-state index contributed by atoms with van der Waals surface area (Å²) in [4.78, 5) is 12.0. The van der Waals surface area contributed by atoms with E-state index in [1.165, 1.54) is 7.11 Å². The summed E-state index contributed by atoms with van der Waals surface area (Å²) in [6, 6.07) is 8.65. The Morgan fingerprint density at radius 1 is 1.37 bits per heavy atom. The van der Waals surface area contributed by atoms with Gasteiger partial charge in [0.25, 0.3) is 5.91 Å². The minimum atomic E-state index is -0.336. The normalized spacial score (nSPS) is 10.2. The van der Waals surface area contributed by atoms with Gasteiger partial charge in [-0.2, -0.15) is 0 Å². The fourth-order valence-corrected chi connectivity index (χ4v) is 1.82. The number of benzene rings is 1. The summed E-state index contributed by atoms with van der Waals surface area (Å²) in [5.74, 6) is -0.196. The third kappa shape index (κ3) is 2.70. The smallest absolute Gasteiger partial charge is 0.255 e. The molecule has 5 heteroatoms. The molecule has 2 aromatic rings. The number of para-hydroxylation sites is 1. The Morgan fingerprint density at radius 3 is 2.79 bits per heavy atom. The molecule has 100 valence electrons. The fraction of sp³-hybridized carbons (Fsp3) is 0.214. The molecular formula is C14H16N2O3. The van der Waals surface area contributed by atoms with E-state index < -0.39 is 0 Å². The Bertz CT molecular complexity index is 590. The number of aromatic hydroxyl groups is 1. The van der Waals surface area contributed by atoms with Gasteiger partial charge < -0.3 is 19.7 Å². The molecule has 0 radical (unpaired) electrons. The zero-order chi connectivity index (χ0) is 13.8.